The first-order valence-corrected chi connectivity index (χ1v) is 14.6. The smallest absolute Gasteiger partial charge is 0.252 e. The second-order valence-electron chi connectivity index (χ2n) is 9.37. The lowest BCUT2D eigenvalue weighted by Gasteiger charge is -2.34. The number of alkyl halides is 1. The summed E-state index contributed by atoms with van der Waals surface area (Å²) < 4.78 is 0. The lowest BCUT2D eigenvalue weighted by Crippen LogP contribution is -2.46. The standard InChI is InChI=1S/C27H47BrN4O/c1-2-31-20-22-32(23-21-31)26-17-16-25(24-30-26)27(33)29-19-15-13-11-9-7-5-3-4-6-8-10-12-14-18-28/h16-17,24H,2-15,18-23H2,1H3,(H,29,33). The lowest BCUT2D eigenvalue weighted by molar-refractivity contribution is 0.0952. The first-order chi connectivity index (χ1) is 16.2. The minimum Gasteiger partial charge on any atom is -0.354 e. The molecule has 2 heterocycles. The average Bonchev–Trinajstić information content (AvgIpc) is 2.86. The molecule has 0 atom stereocenters. The summed E-state index contributed by atoms with van der Waals surface area (Å²) in [4.78, 5) is 21.7. The van der Waals surface area contributed by atoms with Gasteiger partial charge < -0.3 is 15.1 Å². The number of carbonyl (C=O) groups is 1. The second kappa shape index (κ2) is 18.2. The van der Waals surface area contributed by atoms with E-state index in [1.165, 1.54) is 77.0 Å². The zero-order chi connectivity index (χ0) is 23.6. The van der Waals surface area contributed by atoms with Gasteiger partial charge in [0.15, 0.2) is 0 Å². The summed E-state index contributed by atoms with van der Waals surface area (Å²) in [6.07, 6.45) is 19.1. The highest BCUT2D eigenvalue weighted by Gasteiger charge is 2.17. The molecule has 0 unspecified atom stereocenters. The molecular formula is C27H47BrN4O. The fraction of sp³-hybridized carbons (Fsp3) is 0.778. The number of hydrogen-bond acceptors (Lipinski definition) is 4. The number of halogens is 1. The zero-order valence-electron chi connectivity index (χ0n) is 21.0. The van der Waals surface area contributed by atoms with E-state index in [0.29, 0.717) is 5.56 Å². The van der Waals surface area contributed by atoms with Crippen molar-refractivity contribution in [1.82, 2.24) is 15.2 Å². The van der Waals surface area contributed by atoms with E-state index in [9.17, 15) is 4.79 Å². The zero-order valence-corrected chi connectivity index (χ0v) is 22.6. The summed E-state index contributed by atoms with van der Waals surface area (Å²) in [5.74, 6) is 0.977. The van der Waals surface area contributed by atoms with Crippen LogP contribution in [0.1, 0.15) is 101 Å². The Bertz CT molecular complexity index is 617. The van der Waals surface area contributed by atoms with Gasteiger partial charge in [-0.3, -0.25) is 4.79 Å². The number of amides is 1. The van der Waals surface area contributed by atoms with Crippen molar-refractivity contribution in [2.45, 2.75) is 90.4 Å². The van der Waals surface area contributed by atoms with Gasteiger partial charge in [-0.15, -0.1) is 0 Å². The quantitative estimate of drug-likeness (QED) is 0.178. The summed E-state index contributed by atoms with van der Waals surface area (Å²) in [6, 6.07) is 3.90. The van der Waals surface area contributed by atoms with Crippen molar-refractivity contribution >= 4 is 27.7 Å². The van der Waals surface area contributed by atoms with Crippen molar-refractivity contribution in [1.29, 1.82) is 0 Å². The molecular weight excluding hydrogens is 476 g/mol. The Labute approximate surface area is 211 Å². The number of pyridine rings is 1. The SMILES string of the molecule is CCN1CCN(c2ccc(C(=O)NCCCCCCCCCCCCCCCBr)cn2)CC1. The molecule has 1 saturated heterocycles. The van der Waals surface area contributed by atoms with Gasteiger partial charge in [-0.05, 0) is 31.5 Å². The normalized spacial score (nSPS) is 14.5. The van der Waals surface area contributed by atoms with Crippen LogP contribution in [0, 0.1) is 0 Å². The maximum Gasteiger partial charge on any atom is 0.252 e. The predicted molar refractivity (Wildman–Crippen MR) is 145 cm³/mol. The van der Waals surface area contributed by atoms with Gasteiger partial charge in [0.1, 0.15) is 5.82 Å². The minimum absolute atomic E-state index is 0.00273. The van der Waals surface area contributed by atoms with Gasteiger partial charge in [0.05, 0.1) is 5.56 Å². The molecule has 6 heteroatoms. The molecule has 1 aromatic heterocycles. The monoisotopic (exact) mass is 522 g/mol. The first-order valence-electron chi connectivity index (χ1n) is 13.5. The maximum absolute atomic E-state index is 12.4. The van der Waals surface area contributed by atoms with E-state index in [0.717, 1.165) is 56.8 Å². The van der Waals surface area contributed by atoms with Gasteiger partial charge in [0, 0.05) is 44.3 Å². The van der Waals surface area contributed by atoms with Crippen LogP contribution in [-0.4, -0.2) is 60.4 Å². The van der Waals surface area contributed by atoms with E-state index in [1.807, 2.05) is 12.1 Å². The largest absolute Gasteiger partial charge is 0.354 e. The van der Waals surface area contributed by atoms with Gasteiger partial charge in [0.2, 0.25) is 0 Å². The molecule has 0 bridgehead atoms. The maximum atomic E-state index is 12.4. The predicted octanol–water partition coefficient (Wildman–Crippen LogP) is 6.42. The summed E-state index contributed by atoms with van der Waals surface area (Å²) in [7, 11) is 0. The van der Waals surface area contributed by atoms with Gasteiger partial charge in [-0.1, -0.05) is 93.5 Å². The molecule has 0 aromatic carbocycles. The highest BCUT2D eigenvalue weighted by Crippen LogP contribution is 2.15. The topological polar surface area (TPSA) is 48.5 Å². The fourth-order valence-electron chi connectivity index (χ4n) is 4.47. The third-order valence-corrected chi connectivity index (χ3v) is 7.31. The number of piperazine rings is 1. The van der Waals surface area contributed by atoms with Crippen molar-refractivity contribution < 1.29 is 4.79 Å². The Morgan fingerprint density at radius 1 is 0.848 bits per heavy atom. The van der Waals surface area contributed by atoms with Crippen LogP contribution >= 0.6 is 15.9 Å². The molecule has 0 saturated carbocycles. The summed E-state index contributed by atoms with van der Waals surface area (Å²) in [5.41, 5.74) is 0.661. The van der Waals surface area contributed by atoms with Crippen molar-refractivity contribution in [3.05, 3.63) is 23.9 Å². The van der Waals surface area contributed by atoms with E-state index >= 15 is 0 Å². The number of aromatic nitrogens is 1. The molecule has 2 rings (SSSR count). The molecule has 0 aliphatic carbocycles. The number of nitrogens with one attached hydrogen (secondary N) is 1. The van der Waals surface area contributed by atoms with Crippen LogP contribution in [0.2, 0.25) is 0 Å². The van der Waals surface area contributed by atoms with Crippen LogP contribution in [0.4, 0.5) is 5.82 Å². The van der Waals surface area contributed by atoms with Gasteiger partial charge in [-0.25, -0.2) is 4.98 Å². The van der Waals surface area contributed by atoms with Crippen LogP contribution in [0.5, 0.6) is 0 Å². The second-order valence-corrected chi connectivity index (χ2v) is 10.2. The van der Waals surface area contributed by atoms with Gasteiger partial charge in [-0.2, -0.15) is 0 Å². The molecule has 1 fully saturated rings. The summed E-state index contributed by atoms with van der Waals surface area (Å²) >= 11 is 3.50. The van der Waals surface area contributed by atoms with Gasteiger partial charge >= 0.3 is 0 Å². The van der Waals surface area contributed by atoms with Gasteiger partial charge in [0.25, 0.3) is 5.91 Å². The van der Waals surface area contributed by atoms with Crippen LogP contribution in [-0.2, 0) is 0 Å². The van der Waals surface area contributed by atoms with Crippen LogP contribution in [0.25, 0.3) is 0 Å². The van der Waals surface area contributed by atoms with E-state index in [1.54, 1.807) is 6.20 Å². The number of rotatable bonds is 18. The molecule has 1 aliphatic heterocycles. The molecule has 1 amide bonds. The van der Waals surface area contributed by atoms with Crippen molar-refractivity contribution in [2.75, 3.05) is 49.5 Å². The number of anilines is 1. The van der Waals surface area contributed by atoms with Crippen LogP contribution in [0.3, 0.4) is 0 Å². The van der Waals surface area contributed by atoms with E-state index < -0.39 is 0 Å². The molecule has 1 N–H and O–H groups in total. The van der Waals surface area contributed by atoms with Crippen LogP contribution in [0.15, 0.2) is 18.3 Å². The summed E-state index contributed by atoms with van der Waals surface area (Å²) in [6.45, 7) is 8.25. The molecule has 33 heavy (non-hydrogen) atoms. The number of hydrogen-bond donors (Lipinski definition) is 1. The first kappa shape index (κ1) is 28.1. The highest BCUT2D eigenvalue weighted by atomic mass is 79.9. The highest BCUT2D eigenvalue weighted by molar-refractivity contribution is 9.09. The minimum atomic E-state index is -0.00273. The Balaban J connectivity index is 1.43. The number of unbranched alkanes of at least 4 members (excludes halogenated alkanes) is 12. The Hall–Kier alpha value is -1.14. The summed E-state index contributed by atoms with van der Waals surface area (Å²) in [5, 5.41) is 4.21. The molecule has 5 nitrogen and oxygen atoms in total. The Kier molecular flexibility index (Phi) is 15.5. The molecule has 0 spiro atoms. The average molecular weight is 524 g/mol. The lowest BCUT2D eigenvalue weighted by atomic mass is 10.0. The van der Waals surface area contributed by atoms with E-state index in [-0.39, 0.29) is 5.91 Å². The van der Waals surface area contributed by atoms with E-state index in [4.69, 9.17) is 0 Å². The number of nitrogens with zero attached hydrogens (tertiary/aromatic N) is 3. The molecule has 0 radical (unpaired) electrons. The van der Waals surface area contributed by atoms with Crippen molar-refractivity contribution in [2.24, 2.45) is 0 Å². The fourth-order valence-corrected chi connectivity index (χ4v) is 4.87. The Morgan fingerprint density at radius 3 is 1.88 bits per heavy atom. The van der Waals surface area contributed by atoms with Crippen LogP contribution < -0.4 is 10.2 Å². The molecule has 1 aromatic rings. The number of carbonyl (C=O) groups excluding carboxylic acids is 1. The third-order valence-electron chi connectivity index (χ3n) is 6.75. The Morgan fingerprint density at radius 2 is 1.39 bits per heavy atom. The third kappa shape index (κ3) is 12.2. The molecule has 1 aliphatic rings. The molecule has 188 valence electrons. The number of likely N-dealkylation sites (N-methyl/N-ethyl adjacent to an activating group) is 1. The van der Waals surface area contributed by atoms with Crippen molar-refractivity contribution in [3.63, 3.8) is 0 Å². The van der Waals surface area contributed by atoms with E-state index in [2.05, 4.69) is 43.0 Å². The van der Waals surface area contributed by atoms with Crippen molar-refractivity contribution in [3.8, 4) is 0 Å².